The second-order valence-corrected chi connectivity index (χ2v) is 20.4. The Labute approximate surface area is 400 Å². The molecular weight excluding hydrogens is 791 g/mol. The normalized spacial score (nSPS) is 13.0. The number of nitrogens with one attached hydrogen (secondary N) is 1. The fourth-order valence-electron chi connectivity index (χ4n) is 9.49. The van der Waals surface area contributed by atoms with Gasteiger partial charge in [0.05, 0.1) is 25.2 Å². The van der Waals surface area contributed by atoms with Crippen molar-refractivity contribution in [3.8, 4) is 0 Å². The molecule has 0 aliphatic heterocycles. The van der Waals surface area contributed by atoms with Crippen LogP contribution in [0.5, 0.6) is 0 Å². The Kier molecular flexibility index (Phi) is 51.9. The van der Waals surface area contributed by atoms with Gasteiger partial charge in [-0.25, -0.2) is 0 Å². The fraction of sp³-hybridized carbons (Fsp3) is 0.966. The predicted molar refractivity (Wildman–Crippen MR) is 278 cm³/mol. The number of carbonyl (C=O) groups is 2. The van der Waals surface area contributed by atoms with E-state index in [1.807, 2.05) is 0 Å². The summed E-state index contributed by atoms with van der Waals surface area (Å²) in [5, 5.41) is 23.9. The van der Waals surface area contributed by atoms with Gasteiger partial charge in [0.15, 0.2) is 0 Å². The van der Waals surface area contributed by atoms with E-state index in [1.54, 1.807) is 0 Å². The zero-order chi connectivity index (χ0) is 46.7. The van der Waals surface area contributed by atoms with Crippen molar-refractivity contribution < 1.29 is 24.5 Å². The van der Waals surface area contributed by atoms with Crippen LogP contribution in [-0.2, 0) is 14.3 Å². The van der Waals surface area contributed by atoms with E-state index in [0.717, 1.165) is 44.9 Å². The van der Waals surface area contributed by atoms with Crippen LogP contribution < -0.4 is 5.32 Å². The maximum atomic E-state index is 13.3. The van der Waals surface area contributed by atoms with Crippen molar-refractivity contribution in [2.75, 3.05) is 6.61 Å². The standard InChI is InChI=1S/C58H115NO5/c1-4-7-10-13-16-19-22-24-26-28-30-32-35-37-40-43-46-49-54(64-58(63)51-48-45-42-39-34-21-18-15-12-9-6-3)52-57(62)59-55(53-60)56(61)50-47-44-41-38-36-33-31-29-27-25-23-20-17-14-11-8-5-2/h54-56,60-61H,4-53H2,1-3H3,(H,59,62). The summed E-state index contributed by atoms with van der Waals surface area (Å²) in [7, 11) is 0. The van der Waals surface area contributed by atoms with Gasteiger partial charge in [0.25, 0.3) is 0 Å². The number of rotatable bonds is 54. The minimum Gasteiger partial charge on any atom is -0.462 e. The van der Waals surface area contributed by atoms with Gasteiger partial charge in [0, 0.05) is 6.42 Å². The zero-order valence-electron chi connectivity index (χ0n) is 43.7. The molecule has 1 amide bonds. The summed E-state index contributed by atoms with van der Waals surface area (Å²) in [6, 6.07) is -0.693. The Bertz CT molecular complexity index is 928. The molecule has 0 heterocycles. The number of hydrogen-bond acceptors (Lipinski definition) is 5. The summed E-state index contributed by atoms with van der Waals surface area (Å²) in [5.74, 6) is -0.446. The molecule has 0 aromatic carbocycles. The minimum atomic E-state index is -0.780. The first-order valence-corrected chi connectivity index (χ1v) is 29.3. The highest BCUT2D eigenvalue weighted by atomic mass is 16.5. The molecule has 0 radical (unpaired) electrons. The van der Waals surface area contributed by atoms with Crippen molar-refractivity contribution in [1.82, 2.24) is 5.32 Å². The predicted octanol–water partition coefficient (Wildman–Crippen LogP) is 17.9. The molecule has 0 spiro atoms. The lowest BCUT2D eigenvalue weighted by Gasteiger charge is -2.24. The second-order valence-electron chi connectivity index (χ2n) is 20.4. The van der Waals surface area contributed by atoms with Crippen LogP contribution in [0.3, 0.4) is 0 Å². The topological polar surface area (TPSA) is 95.9 Å². The van der Waals surface area contributed by atoms with Gasteiger partial charge in [-0.1, -0.05) is 297 Å². The van der Waals surface area contributed by atoms with E-state index >= 15 is 0 Å². The largest absolute Gasteiger partial charge is 0.462 e. The zero-order valence-corrected chi connectivity index (χ0v) is 43.7. The first kappa shape index (κ1) is 62.9. The summed E-state index contributed by atoms with van der Waals surface area (Å²) < 4.78 is 5.96. The van der Waals surface area contributed by atoms with E-state index in [1.165, 1.54) is 244 Å². The molecule has 0 aromatic rings. The maximum Gasteiger partial charge on any atom is 0.306 e. The number of amides is 1. The molecule has 0 aliphatic carbocycles. The van der Waals surface area contributed by atoms with Crippen LogP contribution in [0.4, 0.5) is 0 Å². The van der Waals surface area contributed by atoms with E-state index in [4.69, 9.17) is 4.74 Å². The molecule has 0 aromatic heterocycles. The van der Waals surface area contributed by atoms with E-state index < -0.39 is 18.2 Å². The van der Waals surface area contributed by atoms with E-state index in [-0.39, 0.29) is 24.9 Å². The molecule has 6 heteroatoms. The van der Waals surface area contributed by atoms with Crippen LogP contribution in [-0.4, -0.2) is 46.9 Å². The lowest BCUT2D eigenvalue weighted by molar-refractivity contribution is -0.151. The van der Waals surface area contributed by atoms with E-state index in [9.17, 15) is 19.8 Å². The van der Waals surface area contributed by atoms with Crippen molar-refractivity contribution in [2.24, 2.45) is 0 Å². The van der Waals surface area contributed by atoms with Gasteiger partial charge in [0.1, 0.15) is 6.10 Å². The molecule has 3 unspecified atom stereocenters. The SMILES string of the molecule is CCCCCCCCCCCCCCCCCCCC(CC(=O)NC(CO)C(O)CCCCCCCCCCCCCCCCCCC)OC(=O)CCCCCCCCCCCCC. The summed E-state index contributed by atoms with van der Waals surface area (Å²) in [6.07, 6.45) is 58.9. The average molecular weight is 907 g/mol. The lowest BCUT2D eigenvalue weighted by Crippen LogP contribution is -2.46. The quantitative estimate of drug-likeness (QED) is 0.0417. The smallest absolute Gasteiger partial charge is 0.306 e. The van der Waals surface area contributed by atoms with E-state index in [0.29, 0.717) is 19.3 Å². The highest BCUT2D eigenvalue weighted by Crippen LogP contribution is 2.19. The molecule has 3 N–H and O–H groups in total. The van der Waals surface area contributed by atoms with Gasteiger partial charge < -0.3 is 20.3 Å². The Morgan fingerprint density at radius 1 is 0.391 bits per heavy atom. The fourth-order valence-corrected chi connectivity index (χ4v) is 9.49. The molecule has 64 heavy (non-hydrogen) atoms. The molecule has 0 aliphatic rings. The van der Waals surface area contributed by atoms with Crippen LogP contribution in [0.25, 0.3) is 0 Å². The second kappa shape index (κ2) is 52.8. The van der Waals surface area contributed by atoms with E-state index in [2.05, 4.69) is 26.1 Å². The summed E-state index contributed by atoms with van der Waals surface area (Å²) in [4.78, 5) is 26.2. The Morgan fingerprint density at radius 2 is 0.656 bits per heavy atom. The van der Waals surface area contributed by atoms with Crippen molar-refractivity contribution in [3.63, 3.8) is 0 Å². The average Bonchev–Trinajstić information content (AvgIpc) is 3.29. The number of unbranched alkanes of at least 4 members (excludes halogenated alkanes) is 42. The molecule has 0 saturated carbocycles. The van der Waals surface area contributed by atoms with Crippen LogP contribution in [0.1, 0.15) is 335 Å². The molecular formula is C58H115NO5. The number of carbonyl (C=O) groups excluding carboxylic acids is 2. The molecule has 0 fully saturated rings. The summed E-state index contributed by atoms with van der Waals surface area (Å²) >= 11 is 0. The van der Waals surface area contributed by atoms with Crippen molar-refractivity contribution >= 4 is 11.9 Å². The monoisotopic (exact) mass is 906 g/mol. The molecule has 6 nitrogen and oxygen atoms in total. The number of hydrogen-bond donors (Lipinski definition) is 3. The number of aliphatic hydroxyl groups is 2. The van der Waals surface area contributed by atoms with Crippen molar-refractivity contribution in [2.45, 2.75) is 354 Å². The lowest BCUT2D eigenvalue weighted by atomic mass is 10.0. The van der Waals surface area contributed by atoms with Gasteiger partial charge in [-0.15, -0.1) is 0 Å². The highest BCUT2D eigenvalue weighted by molar-refractivity contribution is 5.77. The molecule has 382 valence electrons. The van der Waals surface area contributed by atoms with Crippen LogP contribution in [0.15, 0.2) is 0 Å². The van der Waals surface area contributed by atoms with Crippen LogP contribution >= 0.6 is 0 Å². The first-order chi connectivity index (χ1) is 31.5. The number of ether oxygens (including phenoxy) is 1. The van der Waals surface area contributed by atoms with Gasteiger partial charge in [-0.3, -0.25) is 9.59 Å². The van der Waals surface area contributed by atoms with Crippen LogP contribution in [0.2, 0.25) is 0 Å². The summed E-state index contributed by atoms with van der Waals surface area (Å²) in [5.41, 5.74) is 0. The third-order valence-electron chi connectivity index (χ3n) is 13.9. The van der Waals surface area contributed by atoms with Crippen LogP contribution in [0, 0.1) is 0 Å². The molecule has 3 atom stereocenters. The highest BCUT2D eigenvalue weighted by Gasteiger charge is 2.24. The minimum absolute atomic E-state index is 0.0885. The Balaban J connectivity index is 4.44. The Hall–Kier alpha value is -1.14. The van der Waals surface area contributed by atoms with Gasteiger partial charge in [-0.05, 0) is 25.7 Å². The third kappa shape index (κ3) is 47.4. The van der Waals surface area contributed by atoms with Gasteiger partial charge >= 0.3 is 5.97 Å². The summed E-state index contributed by atoms with van der Waals surface area (Å²) in [6.45, 7) is 6.53. The molecule has 0 saturated heterocycles. The van der Waals surface area contributed by atoms with Crippen molar-refractivity contribution in [1.29, 1.82) is 0 Å². The van der Waals surface area contributed by atoms with Crippen molar-refractivity contribution in [3.05, 3.63) is 0 Å². The molecule has 0 bridgehead atoms. The number of esters is 1. The first-order valence-electron chi connectivity index (χ1n) is 29.3. The maximum absolute atomic E-state index is 13.3. The Morgan fingerprint density at radius 3 is 0.953 bits per heavy atom. The molecule has 0 rings (SSSR count). The van der Waals surface area contributed by atoms with Gasteiger partial charge in [-0.2, -0.15) is 0 Å². The van der Waals surface area contributed by atoms with Gasteiger partial charge in [0.2, 0.25) is 5.91 Å². The third-order valence-corrected chi connectivity index (χ3v) is 13.9. The number of aliphatic hydroxyl groups excluding tert-OH is 2.